The number of piperidine rings is 1. The molecule has 1 fully saturated rings. The van der Waals surface area contributed by atoms with Gasteiger partial charge in [-0.15, -0.1) is 0 Å². The lowest BCUT2D eigenvalue weighted by atomic mass is 10.0. The molecule has 2 heterocycles. The van der Waals surface area contributed by atoms with Gasteiger partial charge in [0, 0.05) is 31.9 Å². The minimum absolute atomic E-state index is 0.0571. The van der Waals surface area contributed by atoms with Gasteiger partial charge in [0.2, 0.25) is 5.91 Å². The molecule has 2 unspecified atom stereocenters. The summed E-state index contributed by atoms with van der Waals surface area (Å²) in [6.07, 6.45) is 7.47. The predicted molar refractivity (Wildman–Crippen MR) is 94.6 cm³/mol. The number of hydrogen-bond donors (Lipinski definition) is 1. The van der Waals surface area contributed by atoms with E-state index in [1.807, 2.05) is 47.6 Å². The molecule has 5 heteroatoms. The van der Waals surface area contributed by atoms with Crippen LogP contribution in [0.4, 0.5) is 0 Å². The molecule has 1 aromatic carbocycles. The normalized spacial score (nSPS) is 19.2. The number of nitrogens with zero attached hydrogens (tertiary/aromatic N) is 3. The lowest BCUT2D eigenvalue weighted by Crippen LogP contribution is -2.49. The van der Waals surface area contributed by atoms with Crippen LogP contribution in [0.1, 0.15) is 37.2 Å². The average molecular weight is 326 g/mol. The number of amides is 1. The SMILES string of the molecule is CCc1nccn1C1CCCN(C(=O)C(N)Cc2ccccc2)C1. The van der Waals surface area contributed by atoms with Crippen molar-refractivity contribution in [1.29, 1.82) is 0 Å². The van der Waals surface area contributed by atoms with E-state index in [0.29, 0.717) is 12.5 Å². The number of rotatable bonds is 5. The molecule has 0 bridgehead atoms. The Kier molecular flexibility index (Phi) is 5.30. The van der Waals surface area contributed by atoms with Crippen LogP contribution < -0.4 is 5.73 Å². The van der Waals surface area contributed by atoms with Crippen LogP contribution in [0.2, 0.25) is 0 Å². The molecule has 2 aromatic rings. The number of benzene rings is 1. The van der Waals surface area contributed by atoms with E-state index < -0.39 is 6.04 Å². The second-order valence-electron chi connectivity index (χ2n) is 6.48. The third-order valence-corrected chi connectivity index (χ3v) is 4.78. The van der Waals surface area contributed by atoms with Crippen LogP contribution in [0.25, 0.3) is 0 Å². The molecule has 2 atom stereocenters. The van der Waals surface area contributed by atoms with Crippen LogP contribution >= 0.6 is 0 Å². The van der Waals surface area contributed by atoms with Crippen molar-refractivity contribution in [3.8, 4) is 0 Å². The van der Waals surface area contributed by atoms with Gasteiger partial charge in [-0.2, -0.15) is 0 Å². The molecule has 0 spiro atoms. The molecule has 1 amide bonds. The van der Waals surface area contributed by atoms with E-state index in [4.69, 9.17) is 5.73 Å². The average Bonchev–Trinajstić information content (AvgIpc) is 3.11. The Morgan fingerprint density at radius 2 is 2.17 bits per heavy atom. The number of aryl methyl sites for hydroxylation is 1. The Hall–Kier alpha value is -2.14. The summed E-state index contributed by atoms with van der Waals surface area (Å²) in [7, 11) is 0. The first-order chi connectivity index (χ1) is 11.7. The van der Waals surface area contributed by atoms with Crippen molar-refractivity contribution < 1.29 is 4.79 Å². The van der Waals surface area contributed by atoms with Crippen LogP contribution in [0.5, 0.6) is 0 Å². The number of carbonyl (C=O) groups is 1. The van der Waals surface area contributed by atoms with E-state index in [-0.39, 0.29) is 5.91 Å². The van der Waals surface area contributed by atoms with E-state index in [0.717, 1.165) is 43.7 Å². The molecule has 0 aliphatic carbocycles. The summed E-state index contributed by atoms with van der Waals surface area (Å²) < 4.78 is 2.22. The van der Waals surface area contributed by atoms with Crippen LogP contribution in [0.15, 0.2) is 42.7 Å². The van der Waals surface area contributed by atoms with Crippen molar-refractivity contribution in [2.45, 2.75) is 44.7 Å². The largest absolute Gasteiger partial charge is 0.339 e. The van der Waals surface area contributed by atoms with E-state index >= 15 is 0 Å². The van der Waals surface area contributed by atoms with Crippen LogP contribution in [0, 0.1) is 0 Å². The molecular formula is C19H26N4O. The van der Waals surface area contributed by atoms with Crippen molar-refractivity contribution in [2.24, 2.45) is 5.73 Å². The minimum atomic E-state index is -0.473. The smallest absolute Gasteiger partial charge is 0.239 e. The van der Waals surface area contributed by atoms with Crippen LogP contribution in [-0.2, 0) is 17.6 Å². The quantitative estimate of drug-likeness (QED) is 0.916. The second-order valence-corrected chi connectivity index (χ2v) is 6.48. The Balaban J connectivity index is 1.64. The topological polar surface area (TPSA) is 64.2 Å². The van der Waals surface area contributed by atoms with Gasteiger partial charge < -0.3 is 15.2 Å². The van der Waals surface area contributed by atoms with Crippen LogP contribution in [0.3, 0.4) is 0 Å². The fourth-order valence-electron chi connectivity index (χ4n) is 3.52. The van der Waals surface area contributed by atoms with Gasteiger partial charge in [0.25, 0.3) is 0 Å². The van der Waals surface area contributed by atoms with Crippen molar-refractivity contribution in [3.63, 3.8) is 0 Å². The van der Waals surface area contributed by atoms with E-state index in [2.05, 4.69) is 16.5 Å². The van der Waals surface area contributed by atoms with Crippen molar-refractivity contribution in [3.05, 3.63) is 54.1 Å². The molecule has 2 N–H and O–H groups in total. The molecule has 3 rings (SSSR count). The molecule has 1 aliphatic heterocycles. The maximum absolute atomic E-state index is 12.7. The number of carbonyl (C=O) groups excluding carboxylic acids is 1. The van der Waals surface area contributed by atoms with Gasteiger partial charge in [-0.1, -0.05) is 37.3 Å². The van der Waals surface area contributed by atoms with Gasteiger partial charge in [0.05, 0.1) is 12.1 Å². The van der Waals surface area contributed by atoms with Crippen LogP contribution in [-0.4, -0.2) is 39.5 Å². The highest BCUT2D eigenvalue weighted by Crippen LogP contribution is 2.23. The first kappa shape index (κ1) is 16.7. The van der Waals surface area contributed by atoms with Gasteiger partial charge in [-0.3, -0.25) is 4.79 Å². The molecule has 0 radical (unpaired) electrons. The number of aromatic nitrogens is 2. The van der Waals surface area contributed by atoms with Gasteiger partial charge in [0.1, 0.15) is 5.82 Å². The summed E-state index contributed by atoms with van der Waals surface area (Å²) in [6, 6.07) is 9.81. The Bertz CT molecular complexity index is 667. The zero-order valence-electron chi connectivity index (χ0n) is 14.3. The Morgan fingerprint density at radius 3 is 2.92 bits per heavy atom. The molecular weight excluding hydrogens is 300 g/mol. The number of hydrogen-bond acceptors (Lipinski definition) is 3. The third-order valence-electron chi connectivity index (χ3n) is 4.78. The van der Waals surface area contributed by atoms with E-state index in [1.165, 1.54) is 0 Å². The monoisotopic (exact) mass is 326 g/mol. The van der Waals surface area contributed by atoms with Gasteiger partial charge in [-0.05, 0) is 24.8 Å². The van der Waals surface area contributed by atoms with Crippen molar-refractivity contribution >= 4 is 5.91 Å². The molecule has 1 saturated heterocycles. The number of nitrogens with two attached hydrogens (primary N) is 1. The summed E-state index contributed by atoms with van der Waals surface area (Å²) in [5, 5.41) is 0. The lowest BCUT2D eigenvalue weighted by Gasteiger charge is -2.35. The second kappa shape index (κ2) is 7.62. The summed E-state index contributed by atoms with van der Waals surface area (Å²) >= 11 is 0. The molecule has 1 aliphatic rings. The summed E-state index contributed by atoms with van der Waals surface area (Å²) in [5.41, 5.74) is 7.30. The maximum Gasteiger partial charge on any atom is 0.239 e. The molecule has 1 aromatic heterocycles. The highest BCUT2D eigenvalue weighted by atomic mass is 16.2. The summed E-state index contributed by atoms with van der Waals surface area (Å²) in [5.74, 6) is 1.14. The molecule has 5 nitrogen and oxygen atoms in total. The van der Waals surface area contributed by atoms with Gasteiger partial charge in [0.15, 0.2) is 0 Å². The Labute approximate surface area is 143 Å². The molecule has 0 saturated carbocycles. The fourth-order valence-corrected chi connectivity index (χ4v) is 3.52. The number of imidazole rings is 1. The third kappa shape index (κ3) is 3.67. The van der Waals surface area contributed by atoms with Gasteiger partial charge in [-0.25, -0.2) is 4.98 Å². The molecule has 128 valence electrons. The fraction of sp³-hybridized carbons (Fsp3) is 0.474. The highest BCUT2D eigenvalue weighted by Gasteiger charge is 2.28. The predicted octanol–water partition coefficient (Wildman–Crippen LogP) is 2.18. The first-order valence-corrected chi connectivity index (χ1v) is 8.79. The minimum Gasteiger partial charge on any atom is -0.339 e. The van der Waals surface area contributed by atoms with Gasteiger partial charge >= 0.3 is 0 Å². The van der Waals surface area contributed by atoms with Crippen molar-refractivity contribution in [1.82, 2.24) is 14.5 Å². The summed E-state index contributed by atoms with van der Waals surface area (Å²) in [6.45, 7) is 3.64. The first-order valence-electron chi connectivity index (χ1n) is 8.79. The van der Waals surface area contributed by atoms with E-state index in [9.17, 15) is 4.79 Å². The molecule has 24 heavy (non-hydrogen) atoms. The van der Waals surface area contributed by atoms with Crippen molar-refractivity contribution in [2.75, 3.05) is 13.1 Å². The summed E-state index contributed by atoms with van der Waals surface area (Å²) in [4.78, 5) is 19.1. The zero-order chi connectivity index (χ0) is 16.9. The van der Waals surface area contributed by atoms with E-state index in [1.54, 1.807) is 0 Å². The standard InChI is InChI=1S/C19H26N4O/c1-2-18-21-10-12-23(18)16-9-6-11-22(14-16)19(24)17(20)13-15-7-4-3-5-8-15/h3-5,7-8,10,12,16-17H,2,6,9,11,13-14,20H2,1H3. The maximum atomic E-state index is 12.7. The number of likely N-dealkylation sites (tertiary alicyclic amines) is 1. The zero-order valence-corrected chi connectivity index (χ0v) is 14.3. The highest BCUT2D eigenvalue weighted by molar-refractivity contribution is 5.82. The lowest BCUT2D eigenvalue weighted by molar-refractivity contribution is -0.134. The Morgan fingerprint density at radius 1 is 1.38 bits per heavy atom.